The average molecular weight is 392 g/mol. The largest absolute Gasteiger partial charge is 0.326 e. The van der Waals surface area contributed by atoms with Crippen molar-refractivity contribution in [3.8, 4) is 0 Å². The molecule has 0 aliphatic rings. The maximum absolute atomic E-state index is 12.3. The number of aromatic nitrogens is 1. The van der Waals surface area contributed by atoms with Crippen molar-refractivity contribution >= 4 is 45.7 Å². The highest BCUT2D eigenvalue weighted by atomic mass is 32.2. The minimum absolute atomic E-state index is 0.00965. The van der Waals surface area contributed by atoms with Crippen LogP contribution in [0.1, 0.15) is 39.8 Å². The molecule has 0 bridgehead atoms. The number of amides is 2. The fourth-order valence-electron chi connectivity index (χ4n) is 2.21. The first-order chi connectivity index (χ1) is 12.1. The Hall–Kier alpha value is -1.86. The van der Waals surface area contributed by atoms with E-state index >= 15 is 0 Å². The van der Waals surface area contributed by atoms with Crippen LogP contribution in [-0.4, -0.2) is 22.0 Å². The van der Waals surface area contributed by atoms with E-state index in [0.717, 1.165) is 16.3 Å². The monoisotopic (exact) mass is 391 g/mol. The molecule has 1 heterocycles. The Kier molecular flexibility index (Phi) is 6.83. The Balaban J connectivity index is 1.94. The molecular weight excluding hydrogens is 366 g/mol. The van der Waals surface area contributed by atoms with Crippen LogP contribution >= 0.6 is 23.1 Å². The summed E-state index contributed by atoms with van der Waals surface area (Å²) in [6.07, 6.45) is 0.455. The first-order valence-corrected chi connectivity index (χ1v) is 10.2. The second kappa shape index (κ2) is 8.68. The molecule has 2 aromatic rings. The van der Waals surface area contributed by atoms with Gasteiger partial charge in [-0.05, 0) is 37.5 Å². The van der Waals surface area contributed by atoms with E-state index in [0.29, 0.717) is 11.6 Å². The zero-order valence-corrected chi connectivity index (χ0v) is 17.4. The van der Waals surface area contributed by atoms with Crippen LogP contribution in [0.4, 0.5) is 10.8 Å². The van der Waals surface area contributed by atoms with Crippen LogP contribution < -0.4 is 10.6 Å². The molecular formula is C19H25N3O2S2. The first-order valence-electron chi connectivity index (χ1n) is 8.42. The van der Waals surface area contributed by atoms with E-state index in [1.807, 2.05) is 64.3 Å². The van der Waals surface area contributed by atoms with Crippen molar-refractivity contribution in [2.45, 2.75) is 51.2 Å². The maximum atomic E-state index is 12.3. The number of nitrogens with one attached hydrogen (secondary N) is 2. The van der Waals surface area contributed by atoms with E-state index in [9.17, 15) is 9.59 Å². The number of thioether (sulfide) groups is 1. The second-order valence-electron chi connectivity index (χ2n) is 7.36. The van der Waals surface area contributed by atoms with Gasteiger partial charge in [0.2, 0.25) is 11.8 Å². The van der Waals surface area contributed by atoms with E-state index in [-0.39, 0.29) is 22.5 Å². The predicted octanol–water partition coefficient (Wildman–Crippen LogP) is 4.95. The molecule has 2 rings (SSSR count). The summed E-state index contributed by atoms with van der Waals surface area (Å²) >= 11 is 2.86. The van der Waals surface area contributed by atoms with Crippen LogP contribution in [0.3, 0.4) is 0 Å². The quantitative estimate of drug-likeness (QED) is 0.684. The molecule has 1 aromatic heterocycles. The van der Waals surface area contributed by atoms with Gasteiger partial charge in [0.25, 0.3) is 0 Å². The standard InChI is InChI=1S/C19H25N3O2S2/c1-12-11-25-18(20-12)22-17(24)13(2)26-15-8-6-7-14(9-15)21-16(23)10-19(3,4)5/h6-9,11,13H,10H2,1-5H3,(H,21,23)(H,20,22,24). The molecule has 140 valence electrons. The lowest BCUT2D eigenvalue weighted by Crippen LogP contribution is -2.22. The lowest BCUT2D eigenvalue weighted by Gasteiger charge is -2.17. The van der Waals surface area contributed by atoms with Crippen molar-refractivity contribution in [1.82, 2.24) is 4.98 Å². The maximum Gasteiger partial charge on any atom is 0.239 e. The SMILES string of the molecule is Cc1csc(NC(=O)C(C)Sc2cccc(NC(=O)CC(C)(C)C)c2)n1. The lowest BCUT2D eigenvalue weighted by molar-refractivity contribution is -0.118. The van der Waals surface area contributed by atoms with Crippen molar-refractivity contribution in [1.29, 1.82) is 0 Å². The summed E-state index contributed by atoms with van der Waals surface area (Å²) in [6, 6.07) is 7.56. The van der Waals surface area contributed by atoms with Crippen LogP contribution in [0.15, 0.2) is 34.5 Å². The lowest BCUT2D eigenvalue weighted by atomic mass is 9.92. The zero-order valence-electron chi connectivity index (χ0n) is 15.8. The number of aryl methyl sites for hydroxylation is 1. The first kappa shape index (κ1) is 20.5. The Morgan fingerprint density at radius 3 is 2.62 bits per heavy atom. The van der Waals surface area contributed by atoms with Crippen LogP contribution in [0, 0.1) is 12.3 Å². The highest BCUT2D eigenvalue weighted by Gasteiger charge is 2.18. The van der Waals surface area contributed by atoms with Crippen LogP contribution in [0.5, 0.6) is 0 Å². The molecule has 5 nitrogen and oxygen atoms in total. The number of anilines is 2. The van der Waals surface area contributed by atoms with Crippen molar-refractivity contribution in [2.24, 2.45) is 5.41 Å². The molecule has 0 aliphatic carbocycles. The summed E-state index contributed by atoms with van der Waals surface area (Å²) in [5, 5.41) is 7.99. The normalized spacial score (nSPS) is 12.5. The van der Waals surface area contributed by atoms with Crippen molar-refractivity contribution in [2.75, 3.05) is 10.6 Å². The molecule has 0 saturated heterocycles. The van der Waals surface area contributed by atoms with Gasteiger partial charge < -0.3 is 10.6 Å². The number of nitrogens with zero attached hydrogens (tertiary/aromatic N) is 1. The van der Waals surface area contributed by atoms with E-state index in [1.165, 1.54) is 23.1 Å². The topological polar surface area (TPSA) is 71.1 Å². The van der Waals surface area contributed by atoms with E-state index in [1.54, 1.807) is 0 Å². The summed E-state index contributed by atoms with van der Waals surface area (Å²) in [4.78, 5) is 29.6. The van der Waals surface area contributed by atoms with Gasteiger partial charge in [0.05, 0.1) is 10.9 Å². The molecule has 0 spiro atoms. The van der Waals surface area contributed by atoms with Gasteiger partial charge in [-0.25, -0.2) is 4.98 Å². The Morgan fingerprint density at radius 2 is 2.00 bits per heavy atom. The fraction of sp³-hybridized carbons (Fsp3) is 0.421. The minimum Gasteiger partial charge on any atom is -0.326 e. The summed E-state index contributed by atoms with van der Waals surface area (Å²) in [6.45, 7) is 9.84. The highest BCUT2D eigenvalue weighted by Crippen LogP contribution is 2.27. The van der Waals surface area contributed by atoms with Gasteiger partial charge >= 0.3 is 0 Å². The van der Waals surface area contributed by atoms with Crippen LogP contribution in [0.25, 0.3) is 0 Å². The third-order valence-electron chi connectivity index (χ3n) is 3.34. The number of hydrogen-bond acceptors (Lipinski definition) is 5. The van der Waals surface area contributed by atoms with E-state index in [4.69, 9.17) is 0 Å². The molecule has 1 atom stereocenters. The summed E-state index contributed by atoms with van der Waals surface area (Å²) < 4.78 is 0. The zero-order chi connectivity index (χ0) is 19.3. The third kappa shape index (κ3) is 6.80. The van der Waals surface area contributed by atoms with Gasteiger partial charge in [0, 0.05) is 22.4 Å². The van der Waals surface area contributed by atoms with Gasteiger partial charge in [0.15, 0.2) is 5.13 Å². The fourth-order valence-corrected chi connectivity index (χ4v) is 3.83. The van der Waals surface area contributed by atoms with Crippen molar-refractivity contribution in [3.05, 3.63) is 35.3 Å². The molecule has 0 saturated carbocycles. The number of carbonyl (C=O) groups excluding carboxylic acids is 2. The number of rotatable bonds is 6. The second-order valence-corrected chi connectivity index (χ2v) is 9.63. The van der Waals surface area contributed by atoms with Gasteiger partial charge in [-0.3, -0.25) is 9.59 Å². The summed E-state index contributed by atoms with van der Waals surface area (Å²) in [5.41, 5.74) is 1.58. The van der Waals surface area contributed by atoms with Gasteiger partial charge in [-0.15, -0.1) is 23.1 Å². The van der Waals surface area contributed by atoms with Crippen molar-refractivity contribution < 1.29 is 9.59 Å². The van der Waals surface area contributed by atoms with Crippen LogP contribution in [-0.2, 0) is 9.59 Å². The molecule has 0 aliphatic heterocycles. The predicted molar refractivity (Wildman–Crippen MR) is 110 cm³/mol. The molecule has 7 heteroatoms. The third-order valence-corrected chi connectivity index (χ3v) is 5.31. The molecule has 1 aromatic carbocycles. The molecule has 0 fully saturated rings. The highest BCUT2D eigenvalue weighted by molar-refractivity contribution is 8.00. The van der Waals surface area contributed by atoms with E-state index < -0.39 is 0 Å². The molecule has 1 unspecified atom stereocenters. The van der Waals surface area contributed by atoms with E-state index in [2.05, 4.69) is 15.6 Å². The molecule has 0 radical (unpaired) electrons. The van der Waals surface area contributed by atoms with Gasteiger partial charge in [0.1, 0.15) is 0 Å². The Labute approximate surface area is 163 Å². The Bertz CT molecular complexity index is 781. The van der Waals surface area contributed by atoms with Crippen LogP contribution in [0.2, 0.25) is 0 Å². The number of hydrogen-bond donors (Lipinski definition) is 2. The number of carbonyl (C=O) groups is 2. The Morgan fingerprint density at radius 1 is 1.27 bits per heavy atom. The number of benzene rings is 1. The molecule has 2 amide bonds. The molecule has 2 N–H and O–H groups in total. The van der Waals surface area contributed by atoms with Gasteiger partial charge in [-0.2, -0.15) is 0 Å². The minimum atomic E-state index is -0.278. The molecule has 26 heavy (non-hydrogen) atoms. The van der Waals surface area contributed by atoms with Gasteiger partial charge in [-0.1, -0.05) is 26.8 Å². The van der Waals surface area contributed by atoms with Crippen molar-refractivity contribution in [3.63, 3.8) is 0 Å². The smallest absolute Gasteiger partial charge is 0.239 e. The average Bonchev–Trinajstić information content (AvgIpc) is 2.90. The number of thiazole rings is 1. The summed E-state index contributed by atoms with van der Waals surface area (Å²) in [5.74, 6) is -0.101. The summed E-state index contributed by atoms with van der Waals surface area (Å²) in [7, 11) is 0.